The number of aromatic nitrogens is 1. The van der Waals surface area contributed by atoms with Gasteiger partial charge in [0.05, 0.1) is 0 Å². The van der Waals surface area contributed by atoms with Gasteiger partial charge in [0.2, 0.25) is 0 Å². The summed E-state index contributed by atoms with van der Waals surface area (Å²) >= 11 is 0. The third-order valence-electron chi connectivity index (χ3n) is 4.76. The van der Waals surface area contributed by atoms with Crippen LogP contribution in [0.3, 0.4) is 0 Å². The largest absolute Gasteiger partial charge is 0.385 e. The summed E-state index contributed by atoms with van der Waals surface area (Å²) in [6, 6.07) is 10.2. The van der Waals surface area contributed by atoms with Gasteiger partial charge in [-0.3, -0.25) is 4.79 Å². The molecule has 0 saturated carbocycles. The van der Waals surface area contributed by atoms with Crippen molar-refractivity contribution in [3.63, 3.8) is 0 Å². The molecule has 1 amide bonds. The van der Waals surface area contributed by atoms with Gasteiger partial charge in [0, 0.05) is 37.3 Å². The maximum atomic E-state index is 12.3. The summed E-state index contributed by atoms with van der Waals surface area (Å²) in [5.41, 5.74) is 6.60. The smallest absolute Gasteiger partial charge is 0.261 e. The van der Waals surface area contributed by atoms with Crippen molar-refractivity contribution in [3.05, 3.63) is 57.9 Å². The maximum Gasteiger partial charge on any atom is 0.261 e. The Hall–Kier alpha value is -2.84. The first-order valence-corrected chi connectivity index (χ1v) is 9.05. The van der Waals surface area contributed by atoms with Crippen LogP contribution in [0.5, 0.6) is 0 Å². The molecule has 0 spiro atoms. The van der Waals surface area contributed by atoms with Crippen molar-refractivity contribution in [1.82, 2.24) is 9.88 Å². The van der Waals surface area contributed by atoms with Gasteiger partial charge in [-0.15, -0.1) is 0 Å². The molecule has 0 fully saturated rings. The average molecular weight is 365 g/mol. The zero-order valence-corrected chi connectivity index (χ0v) is 16.7. The van der Waals surface area contributed by atoms with Crippen molar-refractivity contribution in [2.24, 2.45) is 0 Å². The van der Waals surface area contributed by atoms with Crippen LogP contribution in [0.2, 0.25) is 0 Å². The van der Waals surface area contributed by atoms with E-state index in [9.17, 15) is 10.1 Å². The minimum Gasteiger partial charge on any atom is -0.385 e. The van der Waals surface area contributed by atoms with Crippen molar-refractivity contribution in [1.29, 1.82) is 5.26 Å². The van der Waals surface area contributed by atoms with E-state index in [-0.39, 0.29) is 11.5 Å². The van der Waals surface area contributed by atoms with Gasteiger partial charge in [0.1, 0.15) is 11.6 Å². The van der Waals surface area contributed by atoms with Crippen molar-refractivity contribution in [2.45, 2.75) is 34.1 Å². The Morgan fingerprint density at radius 1 is 1.30 bits per heavy atom. The number of nitrogens with zero attached hydrogens (tertiary/aromatic N) is 2. The van der Waals surface area contributed by atoms with Crippen LogP contribution in [0, 0.1) is 39.0 Å². The summed E-state index contributed by atoms with van der Waals surface area (Å²) in [7, 11) is 1.62. The summed E-state index contributed by atoms with van der Waals surface area (Å²) in [5, 5.41) is 12.2. The van der Waals surface area contributed by atoms with E-state index >= 15 is 0 Å². The van der Waals surface area contributed by atoms with Crippen LogP contribution in [0.25, 0.3) is 11.8 Å². The zero-order valence-electron chi connectivity index (χ0n) is 16.7. The van der Waals surface area contributed by atoms with Gasteiger partial charge < -0.3 is 14.6 Å². The van der Waals surface area contributed by atoms with E-state index in [1.165, 1.54) is 11.1 Å². The Morgan fingerprint density at radius 3 is 2.70 bits per heavy atom. The molecule has 0 saturated heterocycles. The SMILES string of the molecule is COCCCNC(=O)/C(C#N)=C/c1cc(C)n(-c2cccc(C)c2C)c1C. The van der Waals surface area contributed by atoms with Crippen LogP contribution in [0.1, 0.15) is 34.5 Å². The number of ether oxygens (including phenoxy) is 1. The molecular formula is C22H27N3O2. The van der Waals surface area contributed by atoms with E-state index in [0.717, 1.165) is 22.6 Å². The first-order valence-electron chi connectivity index (χ1n) is 9.05. The Morgan fingerprint density at radius 2 is 2.04 bits per heavy atom. The van der Waals surface area contributed by atoms with Crippen molar-refractivity contribution in [3.8, 4) is 11.8 Å². The fourth-order valence-corrected chi connectivity index (χ4v) is 3.10. The number of amides is 1. The summed E-state index contributed by atoms with van der Waals surface area (Å²) in [5.74, 6) is -0.356. The predicted octanol–water partition coefficient (Wildman–Crippen LogP) is 3.77. The molecule has 5 heteroatoms. The number of nitrogens with one attached hydrogen (secondary N) is 1. The van der Waals surface area contributed by atoms with Crippen molar-refractivity contribution >= 4 is 12.0 Å². The molecule has 1 aromatic carbocycles. The van der Waals surface area contributed by atoms with Gasteiger partial charge in [0.15, 0.2) is 0 Å². The van der Waals surface area contributed by atoms with Gasteiger partial charge in [-0.05, 0) is 69.0 Å². The second-order valence-corrected chi connectivity index (χ2v) is 6.65. The van der Waals surface area contributed by atoms with Crippen LogP contribution in [-0.2, 0) is 9.53 Å². The molecule has 0 aliphatic heterocycles. The summed E-state index contributed by atoms with van der Waals surface area (Å²) < 4.78 is 7.13. The van der Waals surface area contributed by atoms with Crippen LogP contribution >= 0.6 is 0 Å². The number of benzene rings is 1. The zero-order chi connectivity index (χ0) is 20.0. The third kappa shape index (κ3) is 4.66. The number of hydrogen-bond acceptors (Lipinski definition) is 3. The molecule has 0 aliphatic carbocycles. The van der Waals surface area contributed by atoms with E-state index in [4.69, 9.17) is 4.74 Å². The Kier molecular flexibility index (Phi) is 6.98. The number of rotatable bonds is 7. The lowest BCUT2D eigenvalue weighted by Gasteiger charge is -2.14. The molecule has 0 bridgehead atoms. The van der Waals surface area contributed by atoms with E-state index in [1.54, 1.807) is 13.2 Å². The van der Waals surface area contributed by atoms with Gasteiger partial charge in [-0.25, -0.2) is 0 Å². The number of methoxy groups -OCH3 is 1. The van der Waals surface area contributed by atoms with Gasteiger partial charge in [-0.1, -0.05) is 12.1 Å². The highest BCUT2D eigenvalue weighted by atomic mass is 16.5. The first-order chi connectivity index (χ1) is 12.9. The number of aryl methyl sites for hydroxylation is 2. The van der Waals surface area contributed by atoms with Gasteiger partial charge >= 0.3 is 0 Å². The van der Waals surface area contributed by atoms with Crippen LogP contribution < -0.4 is 5.32 Å². The number of carbonyl (C=O) groups is 1. The summed E-state index contributed by atoms with van der Waals surface area (Å²) in [6.45, 7) is 9.29. The molecule has 0 aliphatic rings. The summed E-state index contributed by atoms with van der Waals surface area (Å²) in [6.07, 6.45) is 2.37. The highest BCUT2D eigenvalue weighted by Crippen LogP contribution is 2.26. The molecule has 2 aromatic rings. The number of carbonyl (C=O) groups excluding carboxylic acids is 1. The number of nitriles is 1. The molecule has 142 valence electrons. The molecule has 1 heterocycles. The molecular weight excluding hydrogens is 338 g/mol. The second-order valence-electron chi connectivity index (χ2n) is 6.65. The average Bonchev–Trinajstić information content (AvgIpc) is 2.92. The quantitative estimate of drug-likeness (QED) is 0.461. The standard InChI is InChI=1S/C22H27N3O2/c1-15-8-6-9-21(17(15)3)25-16(2)12-19(18(25)4)13-20(14-23)22(26)24-10-7-11-27-5/h6,8-9,12-13H,7,10-11H2,1-5H3,(H,24,26)/b20-13+. The van der Waals surface area contributed by atoms with E-state index < -0.39 is 0 Å². The lowest BCUT2D eigenvalue weighted by Crippen LogP contribution is -2.26. The lowest BCUT2D eigenvalue weighted by atomic mass is 10.1. The lowest BCUT2D eigenvalue weighted by molar-refractivity contribution is -0.117. The Labute approximate surface area is 161 Å². The van der Waals surface area contributed by atoms with Crippen molar-refractivity contribution < 1.29 is 9.53 Å². The van der Waals surface area contributed by atoms with Crippen molar-refractivity contribution in [2.75, 3.05) is 20.3 Å². The molecule has 0 unspecified atom stereocenters. The van der Waals surface area contributed by atoms with Gasteiger partial charge in [-0.2, -0.15) is 5.26 Å². The maximum absolute atomic E-state index is 12.3. The molecule has 2 rings (SSSR count). The van der Waals surface area contributed by atoms with E-state index in [2.05, 4.69) is 35.9 Å². The molecule has 0 atom stereocenters. The highest BCUT2D eigenvalue weighted by Gasteiger charge is 2.14. The molecule has 5 nitrogen and oxygen atoms in total. The molecule has 1 aromatic heterocycles. The number of hydrogen-bond donors (Lipinski definition) is 1. The Balaban J connectivity index is 2.34. The van der Waals surface area contributed by atoms with Crippen LogP contribution in [0.15, 0.2) is 29.8 Å². The molecule has 1 N–H and O–H groups in total. The molecule has 27 heavy (non-hydrogen) atoms. The third-order valence-corrected chi connectivity index (χ3v) is 4.76. The topological polar surface area (TPSA) is 67.0 Å². The fourth-order valence-electron chi connectivity index (χ4n) is 3.10. The van der Waals surface area contributed by atoms with Crippen LogP contribution in [-0.4, -0.2) is 30.7 Å². The van der Waals surface area contributed by atoms with Crippen LogP contribution in [0.4, 0.5) is 0 Å². The first kappa shape index (κ1) is 20.5. The summed E-state index contributed by atoms with van der Waals surface area (Å²) in [4.78, 5) is 12.3. The fraction of sp³-hybridized carbons (Fsp3) is 0.364. The second kappa shape index (κ2) is 9.20. The normalized spacial score (nSPS) is 11.3. The monoisotopic (exact) mass is 365 g/mol. The van der Waals surface area contributed by atoms with Gasteiger partial charge in [0.25, 0.3) is 5.91 Å². The minimum absolute atomic E-state index is 0.105. The van der Waals surface area contributed by atoms with E-state index in [0.29, 0.717) is 19.6 Å². The highest BCUT2D eigenvalue weighted by molar-refractivity contribution is 6.01. The van der Waals surface area contributed by atoms with E-state index in [1.807, 2.05) is 32.0 Å². The predicted molar refractivity (Wildman–Crippen MR) is 108 cm³/mol. The minimum atomic E-state index is -0.356. The molecule has 0 radical (unpaired) electrons. The Bertz CT molecular complexity index is 901.